The van der Waals surface area contributed by atoms with Crippen molar-refractivity contribution < 1.29 is 0 Å². The first-order chi connectivity index (χ1) is 11.4. The molecule has 118 valence electrons. The van der Waals surface area contributed by atoms with E-state index in [-0.39, 0.29) is 0 Å². The number of benzene rings is 1. The summed E-state index contributed by atoms with van der Waals surface area (Å²) in [4.78, 5) is 21.1. The summed E-state index contributed by atoms with van der Waals surface area (Å²) in [6.07, 6.45) is 5.37. The van der Waals surface area contributed by atoms with Gasteiger partial charge in [-0.05, 0) is 12.1 Å². The fourth-order valence-corrected chi connectivity index (χ4v) is 3.07. The Labute approximate surface area is 135 Å². The molecule has 0 saturated carbocycles. The molecule has 1 aliphatic heterocycles. The molecule has 0 amide bonds. The second-order valence-electron chi connectivity index (χ2n) is 6.00. The van der Waals surface area contributed by atoms with E-state index in [0.29, 0.717) is 0 Å². The van der Waals surface area contributed by atoms with Crippen LogP contribution >= 0.6 is 0 Å². The number of fused-ring (bicyclic) bond motifs is 1. The van der Waals surface area contributed by atoms with Gasteiger partial charge >= 0.3 is 0 Å². The van der Waals surface area contributed by atoms with E-state index in [1.54, 1.807) is 6.33 Å². The van der Waals surface area contributed by atoms with E-state index in [1.165, 1.54) is 5.56 Å². The maximum absolute atomic E-state index is 4.67. The van der Waals surface area contributed by atoms with Crippen LogP contribution in [0.5, 0.6) is 0 Å². The van der Waals surface area contributed by atoms with Crippen LogP contribution in [0.25, 0.3) is 11.0 Å². The SMILES string of the molecule is c1ccc2[nH]c(CN3CCN(Cc4cncnc4)CC3)nc2c1. The van der Waals surface area contributed by atoms with Crippen molar-refractivity contribution >= 4 is 11.0 Å². The molecule has 0 atom stereocenters. The molecule has 23 heavy (non-hydrogen) atoms. The lowest BCUT2D eigenvalue weighted by Crippen LogP contribution is -2.45. The quantitative estimate of drug-likeness (QED) is 0.794. The molecule has 1 aliphatic rings. The van der Waals surface area contributed by atoms with Crippen LogP contribution in [0.1, 0.15) is 11.4 Å². The summed E-state index contributed by atoms with van der Waals surface area (Å²) >= 11 is 0. The minimum atomic E-state index is 0.886. The van der Waals surface area contributed by atoms with E-state index >= 15 is 0 Å². The van der Waals surface area contributed by atoms with Gasteiger partial charge in [-0.2, -0.15) is 0 Å². The third-order valence-electron chi connectivity index (χ3n) is 4.30. The molecular weight excluding hydrogens is 288 g/mol. The zero-order valence-electron chi connectivity index (χ0n) is 13.0. The van der Waals surface area contributed by atoms with Gasteiger partial charge in [0.05, 0.1) is 17.6 Å². The maximum atomic E-state index is 4.67. The summed E-state index contributed by atoms with van der Waals surface area (Å²) < 4.78 is 0. The van der Waals surface area contributed by atoms with E-state index in [0.717, 1.165) is 56.1 Å². The normalized spacial score (nSPS) is 16.9. The number of hydrogen-bond donors (Lipinski definition) is 1. The average molecular weight is 308 g/mol. The number of piperazine rings is 1. The van der Waals surface area contributed by atoms with Gasteiger partial charge in [0.25, 0.3) is 0 Å². The van der Waals surface area contributed by atoms with Gasteiger partial charge in [0.15, 0.2) is 0 Å². The third kappa shape index (κ3) is 3.38. The van der Waals surface area contributed by atoms with Crippen molar-refractivity contribution in [2.75, 3.05) is 26.2 Å². The maximum Gasteiger partial charge on any atom is 0.121 e. The predicted octanol–water partition coefficient (Wildman–Crippen LogP) is 1.67. The molecular formula is C17H20N6. The number of aromatic amines is 1. The molecule has 0 bridgehead atoms. The van der Waals surface area contributed by atoms with Crippen molar-refractivity contribution in [2.24, 2.45) is 0 Å². The summed E-state index contributed by atoms with van der Waals surface area (Å²) in [5.74, 6) is 1.05. The van der Waals surface area contributed by atoms with Crippen LogP contribution in [0.3, 0.4) is 0 Å². The summed E-state index contributed by atoms with van der Waals surface area (Å²) in [7, 11) is 0. The highest BCUT2D eigenvalue weighted by Crippen LogP contribution is 2.13. The average Bonchev–Trinajstić information content (AvgIpc) is 3.00. The van der Waals surface area contributed by atoms with Crippen molar-refractivity contribution in [3.05, 3.63) is 54.4 Å². The Bertz CT molecular complexity index is 728. The number of H-pyrrole nitrogens is 1. The molecule has 0 unspecified atom stereocenters. The molecule has 3 aromatic rings. The molecule has 1 N–H and O–H groups in total. The summed E-state index contributed by atoms with van der Waals surface area (Å²) in [5.41, 5.74) is 3.34. The highest BCUT2D eigenvalue weighted by molar-refractivity contribution is 5.74. The minimum absolute atomic E-state index is 0.886. The van der Waals surface area contributed by atoms with E-state index in [2.05, 4.69) is 41.9 Å². The Kier molecular flexibility index (Phi) is 4.00. The monoisotopic (exact) mass is 308 g/mol. The number of rotatable bonds is 4. The molecule has 1 saturated heterocycles. The zero-order valence-corrected chi connectivity index (χ0v) is 13.0. The lowest BCUT2D eigenvalue weighted by atomic mass is 10.2. The van der Waals surface area contributed by atoms with Crippen LogP contribution < -0.4 is 0 Å². The van der Waals surface area contributed by atoms with Crippen molar-refractivity contribution in [3.63, 3.8) is 0 Å². The molecule has 6 nitrogen and oxygen atoms in total. The first-order valence-electron chi connectivity index (χ1n) is 7.99. The fourth-order valence-electron chi connectivity index (χ4n) is 3.07. The van der Waals surface area contributed by atoms with Gasteiger partial charge in [0.1, 0.15) is 12.2 Å². The van der Waals surface area contributed by atoms with Crippen molar-refractivity contribution in [1.29, 1.82) is 0 Å². The number of nitrogens with one attached hydrogen (secondary N) is 1. The summed E-state index contributed by atoms with van der Waals surface area (Å²) in [6, 6.07) is 8.19. The molecule has 0 aliphatic carbocycles. The number of para-hydroxylation sites is 2. The number of imidazole rings is 1. The minimum Gasteiger partial charge on any atom is -0.341 e. The van der Waals surface area contributed by atoms with Crippen LogP contribution in [0.15, 0.2) is 43.0 Å². The zero-order chi connectivity index (χ0) is 15.5. The highest BCUT2D eigenvalue weighted by atomic mass is 15.3. The van der Waals surface area contributed by atoms with Crippen LogP contribution in [0.4, 0.5) is 0 Å². The lowest BCUT2D eigenvalue weighted by Gasteiger charge is -2.34. The Hall–Kier alpha value is -2.31. The Morgan fingerprint density at radius 2 is 1.61 bits per heavy atom. The fraction of sp³-hybridized carbons (Fsp3) is 0.353. The molecule has 1 aromatic carbocycles. The molecule has 2 aromatic heterocycles. The molecule has 4 rings (SSSR count). The molecule has 6 heteroatoms. The van der Waals surface area contributed by atoms with Gasteiger partial charge in [-0.25, -0.2) is 15.0 Å². The second-order valence-corrected chi connectivity index (χ2v) is 6.00. The lowest BCUT2D eigenvalue weighted by molar-refractivity contribution is 0.120. The Morgan fingerprint density at radius 3 is 2.35 bits per heavy atom. The summed E-state index contributed by atoms with van der Waals surface area (Å²) in [5, 5.41) is 0. The first-order valence-corrected chi connectivity index (χ1v) is 7.99. The predicted molar refractivity (Wildman–Crippen MR) is 88.7 cm³/mol. The van der Waals surface area contributed by atoms with Gasteiger partial charge in [0.2, 0.25) is 0 Å². The van der Waals surface area contributed by atoms with Crippen LogP contribution in [0.2, 0.25) is 0 Å². The van der Waals surface area contributed by atoms with Gasteiger partial charge in [-0.3, -0.25) is 9.80 Å². The smallest absolute Gasteiger partial charge is 0.121 e. The second kappa shape index (κ2) is 6.44. The van der Waals surface area contributed by atoms with Gasteiger partial charge < -0.3 is 4.98 Å². The highest BCUT2D eigenvalue weighted by Gasteiger charge is 2.18. The third-order valence-corrected chi connectivity index (χ3v) is 4.30. The number of aromatic nitrogens is 4. The van der Waals surface area contributed by atoms with Crippen LogP contribution in [0, 0.1) is 0 Å². The van der Waals surface area contributed by atoms with Crippen LogP contribution in [-0.4, -0.2) is 55.9 Å². The molecule has 0 spiro atoms. The Balaban J connectivity index is 1.32. The van der Waals surface area contributed by atoms with Crippen molar-refractivity contribution in [1.82, 2.24) is 29.7 Å². The van der Waals surface area contributed by atoms with Gasteiger partial charge in [0, 0.05) is 50.7 Å². The summed E-state index contributed by atoms with van der Waals surface area (Å²) in [6.45, 7) is 6.07. The largest absolute Gasteiger partial charge is 0.341 e. The van der Waals surface area contributed by atoms with Gasteiger partial charge in [-0.1, -0.05) is 12.1 Å². The van der Waals surface area contributed by atoms with Crippen molar-refractivity contribution in [3.8, 4) is 0 Å². The van der Waals surface area contributed by atoms with Gasteiger partial charge in [-0.15, -0.1) is 0 Å². The topological polar surface area (TPSA) is 60.9 Å². The van der Waals surface area contributed by atoms with Crippen molar-refractivity contribution in [2.45, 2.75) is 13.1 Å². The molecule has 1 fully saturated rings. The Morgan fingerprint density at radius 1 is 0.913 bits per heavy atom. The number of nitrogens with zero attached hydrogens (tertiary/aromatic N) is 5. The van der Waals surface area contributed by atoms with Crippen LogP contribution in [-0.2, 0) is 13.1 Å². The first kappa shape index (κ1) is 14.3. The van der Waals surface area contributed by atoms with E-state index < -0.39 is 0 Å². The van der Waals surface area contributed by atoms with E-state index in [4.69, 9.17) is 0 Å². The molecule has 3 heterocycles. The standard InChI is InChI=1S/C17H20N6/c1-2-4-16-15(3-1)20-17(21-16)12-23-7-5-22(6-8-23)11-14-9-18-13-19-10-14/h1-4,9-10,13H,5-8,11-12H2,(H,20,21). The van der Waals surface area contributed by atoms with E-state index in [9.17, 15) is 0 Å². The number of hydrogen-bond acceptors (Lipinski definition) is 5. The van der Waals surface area contributed by atoms with E-state index in [1.807, 2.05) is 24.5 Å². The molecule has 0 radical (unpaired) electrons.